The first-order valence-corrected chi connectivity index (χ1v) is 12.3. The number of nitrogens with one attached hydrogen (secondary N) is 2. The third-order valence-corrected chi connectivity index (χ3v) is 5.70. The van der Waals surface area contributed by atoms with E-state index in [2.05, 4.69) is 10.6 Å². The molecule has 0 radical (unpaired) electrons. The summed E-state index contributed by atoms with van der Waals surface area (Å²) >= 11 is 0. The minimum Gasteiger partial charge on any atom is -0.444 e. The van der Waals surface area contributed by atoms with E-state index in [1.807, 2.05) is 55.5 Å². The Kier molecular flexibility index (Phi) is 8.89. The summed E-state index contributed by atoms with van der Waals surface area (Å²) in [6.45, 7) is 8.14. The maximum absolute atomic E-state index is 13.7. The molecule has 0 heterocycles. The molecule has 3 aromatic carbocycles. The van der Waals surface area contributed by atoms with Crippen LogP contribution in [0.4, 0.5) is 10.5 Å². The van der Waals surface area contributed by atoms with Gasteiger partial charge in [-0.3, -0.25) is 9.59 Å². The minimum absolute atomic E-state index is 0.108. The van der Waals surface area contributed by atoms with Crippen molar-refractivity contribution < 1.29 is 24.2 Å². The number of hydrogen-bond acceptors (Lipinski definition) is 5. The van der Waals surface area contributed by atoms with E-state index in [1.54, 1.807) is 39.0 Å². The van der Waals surface area contributed by atoms with Crippen LogP contribution in [0.15, 0.2) is 66.7 Å². The first-order valence-electron chi connectivity index (χ1n) is 12.3. The van der Waals surface area contributed by atoms with E-state index in [4.69, 9.17) is 4.74 Å². The molecule has 37 heavy (non-hydrogen) atoms. The van der Waals surface area contributed by atoms with Crippen LogP contribution >= 0.6 is 0 Å². The van der Waals surface area contributed by atoms with E-state index < -0.39 is 35.6 Å². The molecule has 0 saturated carbocycles. The summed E-state index contributed by atoms with van der Waals surface area (Å²) in [6, 6.07) is 18.6. The Morgan fingerprint density at radius 1 is 0.973 bits per heavy atom. The van der Waals surface area contributed by atoms with Crippen molar-refractivity contribution in [3.63, 3.8) is 0 Å². The Morgan fingerprint density at radius 2 is 1.62 bits per heavy atom. The fraction of sp³-hybridized carbons (Fsp3) is 0.345. The van der Waals surface area contributed by atoms with Crippen molar-refractivity contribution in [3.05, 3.63) is 77.9 Å². The number of amides is 3. The second-order valence-corrected chi connectivity index (χ2v) is 9.99. The standard InChI is InChI=1S/C29H35N3O5/c1-19-10-12-22(13-11-19)25(26(34)31-24-15-14-21-8-6-7-9-23(21)18-24)32(16-17-33)27(35)20(2)30-28(36)37-29(3,4)5/h6-15,18,20,25,33H,16-17H2,1-5H3,(H,30,36)(H,31,34). The number of anilines is 1. The van der Waals surface area contributed by atoms with Crippen LogP contribution in [0.3, 0.4) is 0 Å². The fourth-order valence-electron chi connectivity index (χ4n) is 3.97. The zero-order valence-electron chi connectivity index (χ0n) is 21.9. The highest BCUT2D eigenvalue weighted by Crippen LogP contribution is 2.26. The fourth-order valence-corrected chi connectivity index (χ4v) is 3.97. The summed E-state index contributed by atoms with van der Waals surface area (Å²) < 4.78 is 5.27. The third-order valence-electron chi connectivity index (χ3n) is 5.70. The van der Waals surface area contributed by atoms with Gasteiger partial charge in [-0.2, -0.15) is 0 Å². The van der Waals surface area contributed by atoms with Crippen molar-refractivity contribution in [2.24, 2.45) is 0 Å². The Morgan fingerprint density at radius 3 is 2.24 bits per heavy atom. The Hall–Kier alpha value is -3.91. The summed E-state index contributed by atoms with van der Waals surface area (Å²) in [5.74, 6) is -0.968. The van der Waals surface area contributed by atoms with Crippen LogP contribution in [-0.4, -0.2) is 52.7 Å². The van der Waals surface area contributed by atoms with Gasteiger partial charge in [0.2, 0.25) is 5.91 Å². The number of rotatable bonds is 8. The molecule has 196 valence electrons. The monoisotopic (exact) mass is 505 g/mol. The molecule has 0 saturated heterocycles. The molecule has 3 rings (SSSR count). The lowest BCUT2D eigenvalue weighted by Gasteiger charge is -2.33. The van der Waals surface area contributed by atoms with Crippen molar-refractivity contribution in [1.29, 1.82) is 0 Å². The first-order chi connectivity index (χ1) is 17.5. The van der Waals surface area contributed by atoms with Crippen molar-refractivity contribution in [2.45, 2.75) is 52.3 Å². The second-order valence-electron chi connectivity index (χ2n) is 9.99. The second kappa shape index (κ2) is 11.9. The van der Waals surface area contributed by atoms with E-state index in [1.165, 1.54) is 11.8 Å². The predicted molar refractivity (Wildman–Crippen MR) is 144 cm³/mol. The Balaban J connectivity index is 1.92. The van der Waals surface area contributed by atoms with Crippen LogP contribution < -0.4 is 10.6 Å². The molecule has 0 bridgehead atoms. The Bertz CT molecular complexity index is 1250. The summed E-state index contributed by atoms with van der Waals surface area (Å²) in [7, 11) is 0. The van der Waals surface area contributed by atoms with Crippen LogP contribution in [0.2, 0.25) is 0 Å². The quantitative estimate of drug-likeness (QED) is 0.416. The van der Waals surface area contributed by atoms with Gasteiger partial charge >= 0.3 is 6.09 Å². The van der Waals surface area contributed by atoms with Gasteiger partial charge in [0.1, 0.15) is 17.7 Å². The molecule has 8 heteroatoms. The maximum Gasteiger partial charge on any atom is 0.408 e. The smallest absolute Gasteiger partial charge is 0.408 e. The van der Waals surface area contributed by atoms with Crippen molar-refractivity contribution >= 4 is 34.4 Å². The van der Waals surface area contributed by atoms with Gasteiger partial charge in [-0.15, -0.1) is 0 Å². The average molecular weight is 506 g/mol. The highest BCUT2D eigenvalue weighted by Gasteiger charge is 2.34. The highest BCUT2D eigenvalue weighted by atomic mass is 16.6. The molecule has 2 unspecified atom stereocenters. The molecule has 3 amide bonds. The summed E-state index contributed by atoms with van der Waals surface area (Å²) in [6.07, 6.45) is -0.746. The first kappa shape index (κ1) is 27.7. The number of benzene rings is 3. The van der Waals surface area contributed by atoms with E-state index in [0.717, 1.165) is 16.3 Å². The number of aliphatic hydroxyl groups is 1. The van der Waals surface area contributed by atoms with Crippen LogP contribution in [-0.2, 0) is 14.3 Å². The van der Waals surface area contributed by atoms with Crippen molar-refractivity contribution in [3.8, 4) is 0 Å². The van der Waals surface area contributed by atoms with Gasteiger partial charge < -0.3 is 25.4 Å². The molecule has 0 aliphatic heterocycles. The third kappa shape index (κ3) is 7.54. The molecular formula is C29H35N3O5. The predicted octanol–water partition coefficient (Wildman–Crippen LogP) is 4.56. The zero-order chi connectivity index (χ0) is 27.2. The SMILES string of the molecule is Cc1ccc(C(C(=O)Nc2ccc3ccccc3c2)N(CCO)C(=O)C(C)NC(=O)OC(C)(C)C)cc1. The van der Waals surface area contributed by atoms with Crippen molar-refractivity contribution in [2.75, 3.05) is 18.5 Å². The van der Waals surface area contributed by atoms with Gasteiger partial charge in [0.05, 0.1) is 6.61 Å². The largest absolute Gasteiger partial charge is 0.444 e. The van der Waals surface area contributed by atoms with Crippen LogP contribution in [0, 0.1) is 6.92 Å². The number of hydrogen-bond donors (Lipinski definition) is 3. The number of fused-ring (bicyclic) bond motifs is 1. The van der Waals surface area contributed by atoms with Gasteiger partial charge in [0.15, 0.2) is 0 Å². The van der Waals surface area contributed by atoms with E-state index in [0.29, 0.717) is 11.3 Å². The Labute approximate surface area is 217 Å². The maximum atomic E-state index is 13.7. The summed E-state index contributed by atoms with van der Waals surface area (Å²) in [5.41, 5.74) is 1.42. The van der Waals surface area contributed by atoms with Crippen molar-refractivity contribution in [1.82, 2.24) is 10.2 Å². The number of nitrogens with zero attached hydrogens (tertiary/aromatic N) is 1. The molecule has 0 fully saturated rings. The number of ether oxygens (including phenoxy) is 1. The van der Waals surface area contributed by atoms with E-state index >= 15 is 0 Å². The van der Waals surface area contributed by atoms with Gasteiger partial charge in [0, 0.05) is 12.2 Å². The molecule has 0 aliphatic carbocycles. The lowest BCUT2D eigenvalue weighted by Crippen LogP contribution is -2.51. The lowest BCUT2D eigenvalue weighted by atomic mass is 10.0. The van der Waals surface area contributed by atoms with Crippen LogP contribution in [0.25, 0.3) is 10.8 Å². The topological polar surface area (TPSA) is 108 Å². The molecule has 8 nitrogen and oxygen atoms in total. The molecule has 0 aromatic heterocycles. The van der Waals surface area contributed by atoms with Gasteiger partial charge in [-0.25, -0.2) is 4.79 Å². The average Bonchev–Trinajstić information content (AvgIpc) is 2.83. The minimum atomic E-state index is -1.05. The lowest BCUT2D eigenvalue weighted by molar-refractivity contribution is -0.141. The van der Waals surface area contributed by atoms with E-state index in [9.17, 15) is 19.5 Å². The zero-order valence-corrected chi connectivity index (χ0v) is 21.9. The van der Waals surface area contributed by atoms with E-state index in [-0.39, 0.29) is 13.2 Å². The summed E-state index contributed by atoms with van der Waals surface area (Å²) in [5, 5.41) is 17.3. The highest BCUT2D eigenvalue weighted by molar-refractivity contribution is 6.00. The molecular weight excluding hydrogens is 470 g/mol. The van der Waals surface area contributed by atoms with Gasteiger partial charge in [0.25, 0.3) is 5.91 Å². The molecule has 0 spiro atoms. The summed E-state index contributed by atoms with van der Waals surface area (Å²) in [4.78, 5) is 40.8. The van der Waals surface area contributed by atoms with Crippen LogP contribution in [0.1, 0.15) is 44.9 Å². The molecule has 3 N–H and O–H groups in total. The number of aryl methyl sites for hydroxylation is 1. The number of alkyl carbamates (subject to hydrolysis) is 1. The molecule has 3 aromatic rings. The normalized spacial score (nSPS) is 12.9. The van der Waals surface area contributed by atoms with Gasteiger partial charge in [-0.05, 0) is 63.1 Å². The number of carbonyl (C=O) groups is 3. The molecule has 2 atom stereocenters. The van der Waals surface area contributed by atoms with Gasteiger partial charge in [-0.1, -0.05) is 60.2 Å². The number of carbonyl (C=O) groups excluding carboxylic acids is 3. The van der Waals surface area contributed by atoms with Crippen LogP contribution in [0.5, 0.6) is 0 Å². The number of aliphatic hydroxyl groups excluding tert-OH is 1. The molecule has 0 aliphatic rings.